The van der Waals surface area contributed by atoms with E-state index in [4.69, 9.17) is 5.10 Å². The lowest BCUT2D eigenvalue weighted by Gasteiger charge is -2.33. The van der Waals surface area contributed by atoms with Crippen LogP contribution in [0.3, 0.4) is 0 Å². The number of β-amino-alcohol motifs (C(OH)–C–C–N with tert-alkyl or cyclic N) is 1. The predicted molar refractivity (Wildman–Crippen MR) is 161 cm³/mol. The number of carbonyl (C=O) groups is 2. The van der Waals surface area contributed by atoms with Gasteiger partial charge in [-0.15, -0.1) is 0 Å². The number of aromatic nitrogens is 2. The van der Waals surface area contributed by atoms with Crippen LogP contribution in [0.5, 0.6) is 0 Å². The molecule has 2 amide bonds. The van der Waals surface area contributed by atoms with Gasteiger partial charge >= 0.3 is 6.18 Å². The smallest absolute Gasteiger partial charge is 0.390 e. The second-order valence-corrected chi connectivity index (χ2v) is 13.1. The molecular formula is C30H41F3N6O4S. The lowest BCUT2D eigenvalue weighted by Crippen LogP contribution is -2.46. The number of benzene rings is 1. The van der Waals surface area contributed by atoms with Gasteiger partial charge in [0, 0.05) is 87.8 Å². The van der Waals surface area contributed by atoms with E-state index in [9.17, 15) is 32.1 Å². The third-order valence-corrected chi connectivity index (χ3v) is 8.91. The first kappa shape index (κ1) is 33.8. The van der Waals surface area contributed by atoms with E-state index in [-0.39, 0.29) is 30.6 Å². The minimum atomic E-state index is -4.62. The molecule has 242 valence electrons. The van der Waals surface area contributed by atoms with Crippen LogP contribution in [-0.2, 0) is 52.8 Å². The standard InChI is InChI=1S/C30H41F3N6O4S/c1-19(2)13-28(42)34-15-22-14-21(5-6-26(22)30(31,32)33)29-25-18-38(44(4)43)12-9-27(25)39(36-29)17-24(41)16-37-10-7-23(8-11-37)35-20(3)40/h5-6,13-14,23-24,41H,7-12,15-18H2,1-4H3,(H,34,42)(H,35,40). The summed E-state index contributed by atoms with van der Waals surface area (Å²) in [7, 11) is -1.26. The summed E-state index contributed by atoms with van der Waals surface area (Å²) in [6.07, 6.45) is -0.362. The highest BCUT2D eigenvalue weighted by Gasteiger charge is 2.34. The molecule has 2 aromatic rings. The van der Waals surface area contributed by atoms with Gasteiger partial charge in [0.05, 0.1) is 34.9 Å². The van der Waals surface area contributed by atoms with Crippen molar-refractivity contribution in [1.82, 2.24) is 29.6 Å². The van der Waals surface area contributed by atoms with Crippen molar-refractivity contribution in [2.24, 2.45) is 0 Å². The Kier molecular flexibility index (Phi) is 11.0. The minimum Gasteiger partial charge on any atom is -0.390 e. The van der Waals surface area contributed by atoms with Crippen LogP contribution in [0.15, 0.2) is 29.8 Å². The first-order chi connectivity index (χ1) is 20.7. The van der Waals surface area contributed by atoms with Crippen molar-refractivity contribution in [3.63, 3.8) is 0 Å². The summed E-state index contributed by atoms with van der Waals surface area (Å²) in [5.41, 5.74) is 2.29. The molecule has 1 fully saturated rings. The fourth-order valence-electron chi connectivity index (χ4n) is 5.83. The highest BCUT2D eigenvalue weighted by Crippen LogP contribution is 2.36. The van der Waals surface area contributed by atoms with Crippen molar-refractivity contribution in [3.05, 3.63) is 52.2 Å². The molecule has 10 nitrogen and oxygen atoms in total. The van der Waals surface area contributed by atoms with E-state index in [1.807, 2.05) is 0 Å². The first-order valence-electron chi connectivity index (χ1n) is 14.7. The summed E-state index contributed by atoms with van der Waals surface area (Å²) in [6.45, 7) is 7.52. The van der Waals surface area contributed by atoms with E-state index in [1.54, 1.807) is 29.1 Å². The van der Waals surface area contributed by atoms with Gasteiger partial charge in [0.2, 0.25) is 11.8 Å². The molecule has 2 aliphatic heterocycles. The average Bonchev–Trinajstić information content (AvgIpc) is 3.29. The Morgan fingerprint density at radius 3 is 2.48 bits per heavy atom. The van der Waals surface area contributed by atoms with Gasteiger partial charge in [0.15, 0.2) is 0 Å². The predicted octanol–water partition coefficient (Wildman–Crippen LogP) is 2.76. The molecule has 0 aliphatic carbocycles. The number of halogens is 3. The van der Waals surface area contributed by atoms with Gasteiger partial charge in [-0.05, 0) is 44.4 Å². The number of hydrogen-bond acceptors (Lipinski definition) is 6. The molecule has 3 heterocycles. The summed E-state index contributed by atoms with van der Waals surface area (Å²) < 4.78 is 57.6. The van der Waals surface area contributed by atoms with Crippen molar-refractivity contribution in [2.75, 3.05) is 32.4 Å². The molecule has 1 aromatic carbocycles. The zero-order valence-corrected chi connectivity index (χ0v) is 26.4. The van der Waals surface area contributed by atoms with Crippen LogP contribution in [0, 0.1) is 0 Å². The maximum Gasteiger partial charge on any atom is 0.416 e. The molecule has 0 spiro atoms. The number of hydrogen-bond donors (Lipinski definition) is 3. The Hall–Kier alpha value is -3.07. The summed E-state index contributed by atoms with van der Waals surface area (Å²) in [4.78, 5) is 25.7. The largest absolute Gasteiger partial charge is 0.416 e. The summed E-state index contributed by atoms with van der Waals surface area (Å²) >= 11 is 0. The fourth-order valence-corrected chi connectivity index (χ4v) is 6.49. The number of rotatable bonds is 10. The fraction of sp³-hybridized carbons (Fsp3) is 0.567. The number of aliphatic hydroxyl groups is 1. The van der Waals surface area contributed by atoms with Gasteiger partial charge in [-0.1, -0.05) is 11.6 Å². The van der Waals surface area contributed by atoms with Gasteiger partial charge in [0.1, 0.15) is 0 Å². The lowest BCUT2D eigenvalue weighted by molar-refractivity contribution is -0.138. The molecule has 2 atom stereocenters. The van der Waals surface area contributed by atoms with Gasteiger partial charge in [-0.3, -0.25) is 14.3 Å². The molecule has 0 bridgehead atoms. The van der Waals surface area contributed by atoms with E-state index < -0.39 is 34.7 Å². The van der Waals surface area contributed by atoms with Crippen molar-refractivity contribution in [3.8, 4) is 11.3 Å². The van der Waals surface area contributed by atoms with Crippen LogP contribution in [0.2, 0.25) is 0 Å². The van der Waals surface area contributed by atoms with Crippen LogP contribution in [0.4, 0.5) is 13.2 Å². The number of allylic oxidation sites excluding steroid dienone is 1. The molecule has 14 heteroatoms. The normalized spacial score (nSPS) is 17.9. The van der Waals surface area contributed by atoms with Crippen LogP contribution in [0.25, 0.3) is 11.3 Å². The van der Waals surface area contributed by atoms with Crippen molar-refractivity contribution in [2.45, 2.75) is 78.0 Å². The topological polar surface area (TPSA) is 120 Å². The first-order valence-corrected chi connectivity index (χ1v) is 16.2. The number of alkyl halides is 3. The van der Waals surface area contributed by atoms with Gasteiger partial charge in [0.25, 0.3) is 0 Å². The Labute approximate surface area is 258 Å². The monoisotopic (exact) mass is 638 g/mol. The van der Waals surface area contributed by atoms with Gasteiger partial charge < -0.3 is 20.6 Å². The lowest BCUT2D eigenvalue weighted by atomic mass is 9.97. The number of fused-ring (bicyclic) bond motifs is 1. The molecule has 0 radical (unpaired) electrons. The average molecular weight is 639 g/mol. The SMILES string of the molecule is CC(=O)NC1CCN(CC(O)Cn2nc(-c3ccc(C(F)(F)F)c(CNC(=O)C=C(C)C)c3)c3c2CCN(S(C)=O)C3)CC1. The summed E-state index contributed by atoms with van der Waals surface area (Å²) in [5, 5.41) is 21.3. The highest BCUT2D eigenvalue weighted by molar-refractivity contribution is 7.81. The Morgan fingerprint density at radius 1 is 1.16 bits per heavy atom. The third kappa shape index (κ3) is 8.77. The molecule has 2 aliphatic rings. The van der Waals surface area contributed by atoms with Crippen molar-refractivity contribution >= 4 is 22.8 Å². The van der Waals surface area contributed by atoms with Gasteiger partial charge in [-0.2, -0.15) is 18.3 Å². The Balaban J connectivity index is 1.60. The number of piperidine rings is 1. The van der Waals surface area contributed by atoms with E-state index in [0.717, 1.165) is 48.8 Å². The summed E-state index contributed by atoms with van der Waals surface area (Å²) in [6, 6.07) is 3.90. The van der Waals surface area contributed by atoms with E-state index in [2.05, 4.69) is 15.5 Å². The van der Waals surface area contributed by atoms with Crippen LogP contribution in [-0.4, -0.2) is 84.7 Å². The van der Waals surface area contributed by atoms with Crippen molar-refractivity contribution in [1.29, 1.82) is 0 Å². The van der Waals surface area contributed by atoms with E-state index in [1.165, 1.54) is 25.1 Å². The molecule has 1 saturated heterocycles. The second kappa shape index (κ2) is 14.4. The maximum atomic E-state index is 13.9. The second-order valence-electron chi connectivity index (χ2n) is 11.7. The van der Waals surface area contributed by atoms with Crippen molar-refractivity contribution < 1.29 is 32.1 Å². The van der Waals surface area contributed by atoms with E-state index in [0.29, 0.717) is 37.3 Å². The molecule has 2 unspecified atom stereocenters. The number of nitrogens with one attached hydrogen (secondary N) is 2. The van der Waals surface area contributed by atoms with E-state index >= 15 is 0 Å². The quantitative estimate of drug-likeness (QED) is 0.345. The van der Waals surface area contributed by atoms with Gasteiger partial charge in [-0.25, -0.2) is 8.51 Å². The Bertz CT molecular complexity index is 1410. The number of aliphatic hydroxyl groups excluding tert-OH is 1. The third-order valence-electron chi connectivity index (χ3n) is 7.87. The summed E-state index contributed by atoms with van der Waals surface area (Å²) in [5.74, 6) is -0.540. The molecule has 4 rings (SSSR count). The van der Waals surface area contributed by atoms with Crippen LogP contribution < -0.4 is 10.6 Å². The number of carbonyl (C=O) groups excluding carboxylic acids is 2. The maximum absolute atomic E-state index is 13.9. The minimum absolute atomic E-state index is 0.0538. The zero-order chi connectivity index (χ0) is 32.2. The number of nitrogens with zero attached hydrogens (tertiary/aromatic N) is 4. The highest BCUT2D eigenvalue weighted by atomic mass is 32.2. The zero-order valence-electron chi connectivity index (χ0n) is 25.5. The molecule has 44 heavy (non-hydrogen) atoms. The molecule has 1 aromatic heterocycles. The number of likely N-dealkylation sites (tertiary alicyclic amines) is 1. The van der Waals surface area contributed by atoms with Crippen LogP contribution >= 0.6 is 0 Å². The number of amides is 2. The Morgan fingerprint density at radius 2 is 1.86 bits per heavy atom. The molecular weight excluding hydrogens is 597 g/mol. The molecule has 3 N–H and O–H groups in total. The molecule has 0 saturated carbocycles. The van der Waals surface area contributed by atoms with Crippen LogP contribution in [0.1, 0.15) is 56.0 Å².